The van der Waals surface area contributed by atoms with Crippen molar-refractivity contribution in [1.29, 1.82) is 5.26 Å². The van der Waals surface area contributed by atoms with Gasteiger partial charge in [-0.15, -0.1) is 0 Å². The van der Waals surface area contributed by atoms with Crippen LogP contribution >= 0.6 is 0 Å². The zero-order valence-corrected chi connectivity index (χ0v) is 7.99. The molecule has 0 radical (unpaired) electrons. The minimum atomic E-state index is -0.350. The molecule has 1 aromatic rings. The maximum absolute atomic E-state index is 8.45. The number of ether oxygens (including phenoxy) is 1. The summed E-state index contributed by atoms with van der Waals surface area (Å²) in [5.41, 5.74) is -0.350. The van der Waals surface area contributed by atoms with Gasteiger partial charge in [0.2, 0.25) is 11.7 Å². The molecular formula is C9H11N3O2. The van der Waals surface area contributed by atoms with Crippen molar-refractivity contribution in [2.24, 2.45) is 0 Å². The van der Waals surface area contributed by atoms with E-state index in [9.17, 15) is 0 Å². The summed E-state index contributed by atoms with van der Waals surface area (Å²) in [6.45, 7) is 0. The van der Waals surface area contributed by atoms with Crippen LogP contribution in [0.2, 0.25) is 0 Å². The summed E-state index contributed by atoms with van der Waals surface area (Å²) < 4.78 is 10.3. The molecule has 0 saturated heterocycles. The zero-order chi connectivity index (χ0) is 10.0. The van der Waals surface area contributed by atoms with Gasteiger partial charge >= 0.3 is 0 Å². The first-order chi connectivity index (χ1) is 6.80. The van der Waals surface area contributed by atoms with E-state index >= 15 is 0 Å². The largest absolute Gasteiger partial charge is 0.370 e. The van der Waals surface area contributed by atoms with Gasteiger partial charge in [0.15, 0.2) is 0 Å². The Morgan fingerprint density at radius 3 is 2.93 bits per heavy atom. The smallest absolute Gasteiger partial charge is 0.240 e. The Labute approximate surface area is 81.7 Å². The minimum Gasteiger partial charge on any atom is -0.370 e. The summed E-state index contributed by atoms with van der Waals surface area (Å²) in [6.07, 6.45) is 3.13. The van der Waals surface area contributed by atoms with E-state index in [1.54, 1.807) is 7.11 Å². The van der Waals surface area contributed by atoms with Crippen molar-refractivity contribution in [1.82, 2.24) is 10.1 Å². The van der Waals surface area contributed by atoms with Crippen LogP contribution in [0.15, 0.2) is 4.52 Å². The standard InChI is InChI=1S/C9H11N3O2/c1-13-9(4-2-5-9)8-11-7(3-6-10)14-12-8/h2-5H2,1H3. The molecule has 1 aliphatic carbocycles. The molecule has 0 atom stereocenters. The maximum atomic E-state index is 8.45. The summed E-state index contributed by atoms with van der Waals surface area (Å²) >= 11 is 0. The lowest BCUT2D eigenvalue weighted by Gasteiger charge is -2.37. The van der Waals surface area contributed by atoms with Gasteiger partial charge in [-0.1, -0.05) is 5.16 Å². The molecule has 2 rings (SSSR count). The summed E-state index contributed by atoms with van der Waals surface area (Å²) in [6, 6.07) is 1.97. The molecule has 5 nitrogen and oxygen atoms in total. The van der Waals surface area contributed by atoms with Crippen LogP contribution in [0.1, 0.15) is 31.0 Å². The van der Waals surface area contributed by atoms with Crippen LogP contribution in [0, 0.1) is 11.3 Å². The number of rotatable bonds is 3. The van der Waals surface area contributed by atoms with Gasteiger partial charge in [0.05, 0.1) is 6.07 Å². The molecule has 0 N–H and O–H groups in total. The lowest BCUT2D eigenvalue weighted by molar-refractivity contribution is -0.0858. The van der Waals surface area contributed by atoms with Crippen LogP contribution in [-0.2, 0) is 16.8 Å². The van der Waals surface area contributed by atoms with E-state index in [0.717, 1.165) is 19.3 Å². The molecule has 14 heavy (non-hydrogen) atoms. The highest BCUT2D eigenvalue weighted by molar-refractivity contribution is 5.07. The zero-order valence-electron chi connectivity index (χ0n) is 7.99. The minimum absolute atomic E-state index is 0.160. The number of aromatic nitrogens is 2. The van der Waals surface area contributed by atoms with Crippen molar-refractivity contribution < 1.29 is 9.26 Å². The predicted octanol–water partition coefficient (Wildman–Crippen LogP) is 1.16. The first-order valence-corrected chi connectivity index (χ1v) is 4.56. The van der Waals surface area contributed by atoms with E-state index < -0.39 is 0 Å². The third kappa shape index (κ3) is 1.28. The Kier molecular flexibility index (Phi) is 2.22. The summed E-state index contributed by atoms with van der Waals surface area (Å²) in [5, 5.41) is 12.3. The molecule has 1 saturated carbocycles. The van der Waals surface area contributed by atoms with E-state index in [1.807, 2.05) is 6.07 Å². The summed E-state index contributed by atoms with van der Waals surface area (Å²) in [5.74, 6) is 0.947. The first-order valence-electron chi connectivity index (χ1n) is 4.56. The van der Waals surface area contributed by atoms with Crippen LogP contribution in [0.4, 0.5) is 0 Å². The molecule has 5 heteroatoms. The van der Waals surface area contributed by atoms with Gasteiger partial charge in [-0.2, -0.15) is 10.2 Å². The second-order valence-corrected chi connectivity index (χ2v) is 3.40. The predicted molar refractivity (Wildman–Crippen MR) is 46.2 cm³/mol. The van der Waals surface area contributed by atoms with Crippen molar-refractivity contribution in [2.75, 3.05) is 7.11 Å². The van der Waals surface area contributed by atoms with E-state index in [2.05, 4.69) is 10.1 Å². The van der Waals surface area contributed by atoms with Crippen molar-refractivity contribution >= 4 is 0 Å². The molecule has 0 aromatic carbocycles. The molecule has 0 amide bonds. The molecule has 74 valence electrons. The molecule has 0 unspecified atom stereocenters. The second-order valence-electron chi connectivity index (χ2n) is 3.40. The van der Waals surface area contributed by atoms with Crippen LogP contribution in [0.5, 0.6) is 0 Å². The van der Waals surface area contributed by atoms with Gasteiger partial charge in [0, 0.05) is 7.11 Å². The normalized spacial score (nSPS) is 18.6. The first kappa shape index (κ1) is 9.16. The van der Waals surface area contributed by atoms with Crippen molar-refractivity contribution in [3.8, 4) is 6.07 Å². The average Bonchev–Trinajstić information content (AvgIpc) is 2.54. The van der Waals surface area contributed by atoms with Crippen LogP contribution in [-0.4, -0.2) is 17.3 Å². The fourth-order valence-corrected chi connectivity index (χ4v) is 1.60. The summed E-state index contributed by atoms with van der Waals surface area (Å²) in [4.78, 5) is 4.14. The highest BCUT2D eigenvalue weighted by Gasteiger charge is 2.43. The monoisotopic (exact) mass is 193 g/mol. The van der Waals surface area contributed by atoms with Gasteiger partial charge in [0.25, 0.3) is 0 Å². The van der Waals surface area contributed by atoms with Crippen molar-refractivity contribution in [2.45, 2.75) is 31.3 Å². The van der Waals surface area contributed by atoms with E-state index in [0.29, 0.717) is 11.7 Å². The van der Waals surface area contributed by atoms with E-state index in [1.165, 1.54) is 0 Å². The molecule has 0 spiro atoms. The Bertz CT molecular complexity index is 357. The van der Waals surface area contributed by atoms with Crippen LogP contribution < -0.4 is 0 Å². The highest BCUT2D eigenvalue weighted by Crippen LogP contribution is 2.42. The Hall–Kier alpha value is -1.41. The third-order valence-corrected chi connectivity index (χ3v) is 2.66. The van der Waals surface area contributed by atoms with Gasteiger partial charge in [-0.05, 0) is 19.3 Å². The van der Waals surface area contributed by atoms with Gasteiger partial charge in [0.1, 0.15) is 12.0 Å². The van der Waals surface area contributed by atoms with Crippen LogP contribution in [0.25, 0.3) is 0 Å². The number of hydrogen-bond acceptors (Lipinski definition) is 5. The SMILES string of the molecule is COC1(c2noc(CC#N)n2)CCC1. The Morgan fingerprint density at radius 1 is 1.64 bits per heavy atom. The quantitative estimate of drug-likeness (QED) is 0.720. The molecule has 1 fully saturated rings. The third-order valence-electron chi connectivity index (χ3n) is 2.66. The Balaban J connectivity index is 2.20. The molecule has 0 bridgehead atoms. The molecule has 1 aliphatic rings. The van der Waals surface area contributed by atoms with Crippen LogP contribution in [0.3, 0.4) is 0 Å². The van der Waals surface area contributed by atoms with Crippen molar-refractivity contribution in [3.63, 3.8) is 0 Å². The molecule has 1 heterocycles. The van der Waals surface area contributed by atoms with Gasteiger partial charge in [-0.25, -0.2) is 0 Å². The Morgan fingerprint density at radius 2 is 2.43 bits per heavy atom. The van der Waals surface area contributed by atoms with Crippen molar-refractivity contribution in [3.05, 3.63) is 11.7 Å². The second kappa shape index (κ2) is 3.39. The molecule has 0 aliphatic heterocycles. The highest BCUT2D eigenvalue weighted by atomic mass is 16.5. The lowest BCUT2D eigenvalue weighted by atomic mass is 9.79. The van der Waals surface area contributed by atoms with Gasteiger partial charge < -0.3 is 9.26 Å². The fourth-order valence-electron chi connectivity index (χ4n) is 1.60. The average molecular weight is 193 g/mol. The molecular weight excluding hydrogens is 182 g/mol. The summed E-state index contributed by atoms with van der Waals surface area (Å²) in [7, 11) is 1.65. The number of nitrogens with zero attached hydrogens (tertiary/aromatic N) is 3. The van der Waals surface area contributed by atoms with Gasteiger partial charge in [-0.3, -0.25) is 0 Å². The number of hydrogen-bond donors (Lipinski definition) is 0. The molecule has 1 aromatic heterocycles. The van der Waals surface area contributed by atoms with E-state index in [4.69, 9.17) is 14.5 Å². The lowest BCUT2D eigenvalue weighted by Crippen LogP contribution is -2.37. The number of methoxy groups -OCH3 is 1. The van der Waals surface area contributed by atoms with E-state index in [-0.39, 0.29) is 12.0 Å². The topological polar surface area (TPSA) is 71.9 Å². The number of nitriles is 1. The fraction of sp³-hybridized carbons (Fsp3) is 0.667. The maximum Gasteiger partial charge on any atom is 0.240 e.